The molecule has 0 aromatic carbocycles. The lowest BCUT2D eigenvalue weighted by Gasteiger charge is -2.30. The van der Waals surface area contributed by atoms with E-state index in [0.29, 0.717) is 25.0 Å². The molecule has 1 aliphatic carbocycles. The van der Waals surface area contributed by atoms with Crippen molar-refractivity contribution in [2.75, 3.05) is 27.2 Å². The van der Waals surface area contributed by atoms with Crippen molar-refractivity contribution in [1.29, 1.82) is 0 Å². The molecule has 5 heteroatoms. The summed E-state index contributed by atoms with van der Waals surface area (Å²) < 4.78 is 4.69. The van der Waals surface area contributed by atoms with Crippen LogP contribution in [-0.2, 0) is 14.3 Å². The maximum Gasteiger partial charge on any atom is 0.309 e. The fourth-order valence-electron chi connectivity index (χ4n) is 2.84. The Hall–Kier alpha value is -1.10. The molecule has 1 fully saturated rings. The molecule has 0 radical (unpaired) electrons. The Balaban J connectivity index is 2.32. The Morgan fingerprint density at radius 2 is 2.00 bits per heavy atom. The van der Waals surface area contributed by atoms with E-state index in [4.69, 9.17) is 0 Å². The number of hydrogen-bond donors (Lipinski definition) is 1. The number of hydrogen-bond acceptors (Lipinski definition) is 4. The monoisotopic (exact) mass is 284 g/mol. The SMILES string of the molecule is COC(=O)C(C)CN(C)CC(=O)NC1CCCCC1C. The van der Waals surface area contributed by atoms with Gasteiger partial charge in [0.05, 0.1) is 19.6 Å². The molecule has 0 aliphatic heterocycles. The number of carbonyl (C=O) groups excluding carboxylic acids is 2. The molecule has 1 aliphatic rings. The zero-order valence-electron chi connectivity index (χ0n) is 13.1. The van der Waals surface area contributed by atoms with E-state index in [1.165, 1.54) is 26.4 Å². The zero-order chi connectivity index (χ0) is 15.1. The number of nitrogens with zero attached hydrogens (tertiary/aromatic N) is 1. The predicted octanol–water partition coefficient (Wildman–Crippen LogP) is 1.42. The van der Waals surface area contributed by atoms with Crippen molar-refractivity contribution in [3.63, 3.8) is 0 Å². The van der Waals surface area contributed by atoms with Gasteiger partial charge in [0.15, 0.2) is 0 Å². The smallest absolute Gasteiger partial charge is 0.309 e. The van der Waals surface area contributed by atoms with Gasteiger partial charge in [-0.3, -0.25) is 14.5 Å². The van der Waals surface area contributed by atoms with E-state index in [1.54, 1.807) is 0 Å². The third-order valence-corrected chi connectivity index (χ3v) is 4.06. The van der Waals surface area contributed by atoms with Crippen LogP contribution in [0.5, 0.6) is 0 Å². The molecule has 0 heterocycles. The number of rotatable bonds is 6. The van der Waals surface area contributed by atoms with E-state index in [9.17, 15) is 9.59 Å². The van der Waals surface area contributed by atoms with Crippen molar-refractivity contribution in [3.05, 3.63) is 0 Å². The second-order valence-corrected chi connectivity index (χ2v) is 6.06. The van der Waals surface area contributed by atoms with Gasteiger partial charge in [-0.05, 0) is 25.8 Å². The third-order valence-electron chi connectivity index (χ3n) is 4.06. The Morgan fingerprint density at radius 1 is 1.35 bits per heavy atom. The molecule has 0 aromatic rings. The maximum absolute atomic E-state index is 12.0. The van der Waals surface area contributed by atoms with E-state index in [-0.39, 0.29) is 17.8 Å². The van der Waals surface area contributed by atoms with Gasteiger partial charge >= 0.3 is 5.97 Å². The standard InChI is InChI=1S/C15H28N2O3/c1-11-7-5-6-8-13(11)16-14(18)10-17(3)9-12(2)15(19)20-4/h11-13H,5-10H2,1-4H3,(H,16,18). The minimum absolute atomic E-state index is 0.0447. The van der Waals surface area contributed by atoms with Crippen molar-refractivity contribution in [2.45, 2.75) is 45.6 Å². The van der Waals surface area contributed by atoms with Crippen molar-refractivity contribution in [1.82, 2.24) is 10.2 Å². The van der Waals surface area contributed by atoms with Crippen molar-refractivity contribution >= 4 is 11.9 Å². The number of nitrogens with one attached hydrogen (secondary N) is 1. The Morgan fingerprint density at radius 3 is 2.60 bits per heavy atom. The summed E-state index contributed by atoms with van der Waals surface area (Å²) >= 11 is 0. The number of esters is 1. The summed E-state index contributed by atoms with van der Waals surface area (Å²) in [7, 11) is 3.24. The van der Waals surface area contributed by atoms with Gasteiger partial charge in [0.2, 0.25) is 5.91 Å². The second-order valence-electron chi connectivity index (χ2n) is 6.06. The number of ether oxygens (including phenoxy) is 1. The quantitative estimate of drug-likeness (QED) is 0.750. The summed E-state index contributed by atoms with van der Waals surface area (Å²) in [5.41, 5.74) is 0. The van der Waals surface area contributed by atoms with E-state index >= 15 is 0 Å². The van der Waals surface area contributed by atoms with Crippen LogP contribution in [0.1, 0.15) is 39.5 Å². The summed E-state index contributed by atoms with van der Waals surface area (Å²) in [5.74, 6) is 0.153. The molecule has 0 aromatic heterocycles. The lowest BCUT2D eigenvalue weighted by Crippen LogP contribution is -2.45. The molecule has 3 unspecified atom stereocenters. The van der Waals surface area contributed by atoms with Crippen molar-refractivity contribution < 1.29 is 14.3 Å². The van der Waals surface area contributed by atoms with E-state index in [2.05, 4.69) is 17.0 Å². The summed E-state index contributed by atoms with van der Waals surface area (Å²) in [6.07, 6.45) is 4.74. The van der Waals surface area contributed by atoms with Gasteiger partial charge in [-0.25, -0.2) is 0 Å². The maximum atomic E-state index is 12.0. The molecule has 0 saturated heterocycles. The number of carbonyl (C=O) groups is 2. The summed E-state index contributed by atoms with van der Waals surface area (Å²) in [5, 5.41) is 3.12. The third kappa shape index (κ3) is 5.49. The van der Waals surface area contributed by atoms with Gasteiger partial charge in [-0.15, -0.1) is 0 Å². The van der Waals surface area contributed by atoms with Crippen LogP contribution in [0.4, 0.5) is 0 Å². The summed E-state index contributed by atoms with van der Waals surface area (Å²) in [6, 6.07) is 0.308. The molecule has 1 N–H and O–H groups in total. The average molecular weight is 284 g/mol. The lowest BCUT2D eigenvalue weighted by molar-refractivity contribution is -0.145. The minimum Gasteiger partial charge on any atom is -0.469 e. The molecule has 0 spiro atoms. The normalized spacial score (nSPS) is 24.2. The van der Waals surface area contributed by atoms with Crippen LogP contribution in [0.15, 0.2) is 0 Å². The first-order chi connectivity index (χ1) is 9.43. The van der Waals surface area contributed by atoms with Crippen LogP contribution >= 0.6 is 0 Å². The second kappa shape index (κ2) is 8.25. The molecule has 20 heavy (non-hydrogen) atoms. The van der Waals surface area contributed by atoms with E-state index < -0.39 is 0 Å². The molecule has 3 atom stereocenters. The summed E-state index contributed by atoms with van der Waals surface area (Å²) in [6.45, 7) is 4.86. The van der Waals surface area contributed by atoms with Gasteiger partial charge in [0, 0.05) is 12.6 Å². The molecule has 1 amide bonds. The van der Waals surface area contributed by atoms with E-state index in [1.807, 2.05) is 18.9 Å². The minimum atomic E-state index is -0.238. The first-order valence-electron chi connectivity index (χ1n) is 7.49. The van der Waals surface area contributed by atoms with Crippen LogP contribution < -0.4 is 5.32 Å². The molecule has 116 valence electrons. The Bertz CT molecular complexity index is 333. The highest BCUT2D eigenvalue weighted by atomic mass is 16.5. The predicted molar refractivity (Wildman–Crippen MR) is 78.2 cm³/mol. The zero-order valence-corrected chi connectivity index (χ0v) is 13.1. The van der Waals surface area contributed by atoms with Crippen LogP contribution in [0.3, 0.4) is 0 Å². The van der Waals surface area contributed by atoms with Crippen molar-refractivity contribution in [3.8, 4) is 0 Å². The molecular weight excluding hydrogens is 256 g/mol. The van der Waals surface area contributed by atoms with E-state index in [0.717, 1.165) is 6.42 Å². The first-order valence-corrected chi connectivity index (χ1v) is 7.49. The first kappa shape index (κ1) is 17.0. The molecule has 1 rings (SSSR count). The molecule has 0 bridgehead atoms. The van der Waals surface area contributed by atoms with Crippen LogP contribution in [0, 0.1) is 11.8 Å². The van der Waals surface area contributed by atoms with Gasteiger partial charge < -0.3 is 10.1 Å². The largest absolute Gasteiger partial charge is 0.469 e. The molecule has 1 saturated carbocycles. The highest BCUT2D eigenvalue weighted by Crippen LogP contribution is 2.23. The molecular formula is C15H28N2O3. The fourth-order valence-corrected chi connectivity index (χ4v) is 2.84. The average Bonchev–Trinajstić information content (AvgIpc) is 2.40. The number of amides is 1. The molecule has 5 nitrogen and oxygen atoms in total. The van der Waals surface area contributed by atoms with Gasteiger partial charge in [0.1, 0.15) is 0 Å². The highest BCUT2D eigenvalue weighted by Gasteiger charge is 2.23. The Kier molecular flexibility index (Phi) is 6.99. The lowest BCUT2D eigenvalue weighted by atomic mass is 9.86. The van der Waals surface area contributed by atoms with Gasteiger partial charge in [-0.2, -0.15) is 0 Å². The fraction of sp³-hybridized carbons (Fsp3) is 0.867. The van der Waals surface area contributed by atoms with Crippen molar-refractivity contribution in [2.24, 2.45) is 11.8 Å². The Labute approximate surface area is 122 Å². The van der Waals surface area contributed by atoms with Crippen LogP contribution in [0.25, 0.3) is 0 Å². The van der Waals surface area contributed by atoms with Crippen LogP contribution in [-0.4, -0.2) is 50.1 Å². The number of methoxy groups -OCH3 is 1. The summed E-state index contributed by atoms with van der Waals surface area (Å²) in [4.78, 5) is 25.2. The topological polar surface area (TPSA) is 58.6 Å². The number of likely N-dealkylation sites (N-methyl/N-ethyl adjacent to an activating group) is 1. The van der Waals surface area contributed by atoms with Gasteiger partial charge in [-0.1, -0.05) is 26.7 Å². The van der Waals surface area contributed by atoms with Crippen LogP contribution in [0.2, 0.25) is 0 Å². The van der Waals surface area contributed by atoms with Gasteiger partial charge in [0.25, 0.3) is 0 Å². The highest BCUT2D eigenvalue weighted by molar-refractivity contribution is 5.78.